The molecule has 0 unspecified atom stereocenters. The standard InChI is InChI=1S/C23H31N5O/c1-4-7-14-27(15-8-5-2)22(29)18-11-12-20-21(16-18)28(6-3)23(26-20)25-19-10-9-13-24-17-19/h9-13,16-17H,4-8,14-15H2,1-3H3,(H,25,26). The van der Waals surface area contributed by atoms with Crippen molar-refractivity contribution in [3.63, 3.8) is 0 Å². The number of anilines is 2. The first-order chi connectivity index (χ1) is 14.2. The lowest BCUT2D eigenvalue weighted by Gasteiger charge is -2.22. The number of amides is 1. The minimum Gasteiger partial charge on any atom is -0.339 e. The third-order valence-corrected chi connectivity index (χ3v) is 5.08. The third kappa shape index (κ3) is 4.94. The molecule has 6 heteroatoms. The van der Waals surface area contributed by atoms with E-state index in [0.717, 1.165) is 73.6 Å². The molecule has 6 nitrogen and oxygen atoms in total. The van der Waals surface area contributed by atoms with Gasteiger partial charge in [-0.05, 0) is 50.1 Å². The second-order valence-electron chi connectivity index (χ2n) is 7.25. The summed E-state index contributed by atoms with van der Waals surface area (Å²) in [6.45, 7) is 8.78. The Balaban J connectivity index is 1.90. The van der Waals surface area contributed by atoms with Crippen LogP contribution in [0.3, 0.4) is 0 Å². The fourth-order valence-corrected chi connectivity index (χ4v) is 3.43. The molecule has 0 radical (unpaired) electrons. The van der Waals surface area contributed by atoms with Crippen molar-refractivity contribution in [1.82, 2.24) is 19.4 Å². The molecule has 0 aliphatic carbocycles. The zero-order valence-electron chi connectivity index (χ0n) is 17.7. The second kappa shape index (κ2) is 10.0. The summed E-state index contributed by atoms with van der Waals surface area (Å²) in [4.78, 5) is 24.0. The van der Waals surface area contributed by atoms with Gasteiger partial charge in [-0.3, -0.25) is 9.78 Å². The summed E-state index contributed by atoms with van der Waals surface area (Å²) in [6.07, 6.45) is 7.75. The number of aromatic nitrogens is 3. The number of hydrogen-bond acceptors (Lipinski definition) is 4. The van der Waals surface area contributed by atoms with Crippen molar-refractivity contribution in [2.45, 2.75) is 53.0 Å². The number of rotatable bonds is 10. The normalized spacial score (nSPS) is 11.0. The lowest BCUT2D eigenvalue weighted by Crippen LogP contribution is -2.32. The van der Waals surface area contributed by atoms with E-state index in [9.17, 15) is 4.79 Å². The predicted octanol–water partition coefficient (Wildman–Crippen LogP) is 5.24. The Labute approximate surface area is 173 Å². The smallest absolute Gasteiger partial charge is 0.253 e. The van der Waals surface area contributed by atoms with Crippen LogP contribution in [-0.4, -0.2) is 38.4 Å². The van der Waals surface area contributed by atoms with Crippen molar-refractivity contribution < 1.29 is 4.79 Å². The quantitative estimate of drug-likeness (QED) is 0.512. The van der Waals surface area contributed by atoms with Gasteiger partial charge in [-0.1, -0.05) is 26.7 Å². The maximum Gasteiger partial charge on any atom is 0.253 e. The topological polar surface area (TPSA) is 63.1 Å². The van der Waals surface area contributed by atoms with Crippen molar-refractivity contribution in [3.8, 4) is 0 Å². The van der Waals surface area contributed by atoms with Gasteiger partial charge in [-0.25, -0.2) is 4.98 Å². The van der Waals surface area contributed by atoms with E-state index in [1.165, 1.54) is 0 Å². The SMILES string of the molecule is CCCCN(CCCC)C(=O)c1ccc2nc(Nc3cccnc3)n(CC)c2c1. The summed E-state index contributed by atoms with van der Waals surface area (Å²) in [5.41, 5.74) is 3.46. The van der Waals surface area contributed by atoms with Gasteiger partial charge in [0, 0.05) is 31.4 Å². The number of benzene rings is 1. The Hall–Kier alpha value is -2.89. The van der Waals surface area contributed by atoms with Crippen molar-refractivity contribution >= 4 is 28.6 Å². The largest absolute Gasteiger partial charge is 0.339 e. The van der Waals surface area contributed by atoms with Crippen LogP contribution in [0.15, 0.2) is 42.7 Å². The molecule has 2 heterocycles. The third-order valence-electron chi connectivity index (χ3n) is 5.08. The van der Waals surface area contributed by atoms with E-state index in [0.29, 0.717) is 0 Å². The fraction of sp³-hybridized carbons (Fsp3) is 0.435. The molecular formula is C23H31N5O. The van der Waals surface area contributed by atoms with Crippen LogP contribution in [0.2, 0.25) is 0 Å². The number of carbonyl (C=O) groups excluding carboxylic acids is 1. The highest BCUT2D eigenvalue weighted by atomic mass is 16.2. The van der Waals surface area contributed by atoms with Gasteiger partial charge >= 0.3 is 0 Å². The Morgan fingerprint density at radius 3 is 2.48 bits per heavy atom. The van der Waals surface area contributed by atoms with Crippen molar-refractivity contribution in [2.24, 2.45) is 0 Å². The van der Waals surface area contributed by atoms with Crippen LogP contribution >= 0.6 is 0 Å². The maximum absolute atomic E-state index is 13.2. The average molecular weight is 394 g/mol. The summed E-state index contributed by atoms with van der Waals surface area (Å²) in [6, 6.07) is 9.67. The van der Waals surface area contributed by atoms with Crippen LogP contribution in [0.4, 0.5) is 11.6 Å². The number of nitrogens with zero attached hydrogens (tertiary/aromatic N) is 4. The zero-order chi connectivity index (χ0) is 20.6. The highest BCUT2D eigenvalue weighted by Gasteiger charge is 2.17. The molecule has 0 fully saturated rings. The van der Waals surface area contributed by atoms with Crippen LogP contribution in [-0.2, 0) is 6.54 Å². The molecule has 0 spiro atoms. The van der Waals surface area contributed by atoms with E-state index < -0.39 is 0 Å². The molecule has 0 saturated carbocycles. The van der Waals surface area contributed by atoms with E-state index in [-0.39, 0.29) is 5.91 Å². The first-order valence-corrected chi connectivity index (χ1v) is 10.6. The van der Waals surface area contributed by atoms with Gasteiger partial charge in [0.05, 0.1) is 22.9 Å². The molecule has 0 atom stereocenters. The molecule has 0 aliphatic heterocycles. The van der Waals surface area contributed by atoms with Gasteiger partial charge in [-0.15, -0.1) is 0 Å². The van der Waals surface area contributed by atoms with E-state index in [4.69, 9.17) is 4.98 Å². The highest BCUT2D eigenvalue weighted by molar-refractivity contribution is 5.97. The van der Waals surface area contributed by atoms with Gasteiger partial charge in [-0.2, -0.15) is 0 Å². The van der Waals surface area contributed by atoms with Crippen LogP contribution < -0.4 is 5.32 Å². The molecule has 3 aromatic rings. The number of unbranched alkanes of at least 4 members (excludes halogenated alkanes) is 2. The molecule has 0 bridgehead atoms. The summed E-state index contributed by atoms with van der Waals surface area (Å²) < 4.78 is 2.10. The van der Waals surface area contributed by atoms with E-state index in [1.807, 2.05) is 35.2 Å². The predicted molar refractivity (Wildman–Crippen MR) is 119 cm³/mol. The molecule has 1 aromatic carbocycles. The molecule has 154 valence electrons. The Bertz CT molecular complexity index is 927. The highest BCUT2D eigenvalue weighted by Crippen LogP contribution is 2.24. The molecule has 1 N–H and O–H groups in total. The number of carbonyl (C=O) groups is 1. The number of nitrogens with one attached hydrogen (secondary N) is 1. The molecule has 29 heavy (non-hydrogen) atoms. The van der Waals surface area contributed by atoms with Crippen molar-refractivity contribution in [1.29, 1.82) is 0 Å². The van der Waals surface area contributed by atoms with Crippen LogP contribution in [0.25, 0.3) is 11.0 Å². The molecule has 0 saturated heterocycles. The lowest BCUT2D eigenvalue weighted by molar-refractivity contribution is 0.0751. The van der Waals surface area contributed by atoms with Gasteiger partial charge in [0.1, 0.15) is 0 Å². The van der Waals surface area contributed by atoms with Crippen molar-refractivity contribution in [2.75, 3.05) is 18.4 Å². The van der Waals surface area contributed by atoms with Gasteiger partial charge < -0.3 is 14.8 Å². The summed E-state index contributed by atoms with van der Waals surface area (Å²) >= 11 is 0. The lowest BCUT2D eigenvalue weighted by atomic mass is 10.1. The maximum atomic E-state index is 13.2. The van der Waals surface area contributed by atoms with Gasteiger partial charge in [0.2, 0.25) is 5.95 Å². The molecule has 0 aliphatic rings. The Morgan fingerprint density at radius 1 is 1.10 bits per heavy atom. The molecule has 2 aromatic heterocycles. The first-order valence-electron chi connectivity index (χ1n) is 10.6. The monoisotopic (exact) mass is 393 g/mol. The summed E-state index contributed by atoms with van der Waals surface area (Å²) in [5, 5.41) is 3.33. The number of imidazole rings is 1. The number of fused-ring (bicyclic) bond motifs is 1. The Kier molecular flexibility index (Phi) is 7.22. The summed E-state index contributed by atoms with van der Waals surface area (Å²) in [5.74, 6) is 0.869. The summed E-state index contributed by atoms with van der Waals surface area (Å²) in [7, 11) is 0. The Morgan fingerprint density at radius 2 is 1.86 bits per heavy atom. The van der Waals surface area contributed by atoms with E-state index >= 15 is 0 Å². The average Bonchev–Trinajstić information content (AvgIpc) is 3.10. The van der Waals surface area contributed by atoms with E-state index in [1.54, 1.807) is 12.4 Å². The van der Waals surface area contributed by atoms with Crippen LogP contribution in [0.1, 0.15) is 56.8 Å². The van der Waals surface area contributed by atoms with E-state index in [2.05, 4.69) is 35.6 Å². The minimum absolute atomic E-state index is 0.111. The first kappa shape index (κ1) is 20.8. The van der Waals surface area contributed by atoms with Crippen LogP contribution in [0, 0.1) is 0 Å². The van der Waals surface area contributed by atoms with Crippen LogP contribution in [0.5, 0.6) is 0 Å². The van der Waals surface area contributed by atoms with Gasteiger partial charge in [0.15, 0.2) is 0 Å². The second-order valence-corrected chi connectivity index (χ2v) is 7.25. The zero-order valence-corrected chi connectivity index (χ0v) is 17.7. The molecular weight excluding hydrogens is 362 g/mol. The molecule has 3 rings (SSSR count). The number of aryl methyl sites for hydroxylation is 1. The molecule has 1 amide bonds. The number of pyridine rings is 1. The van der Waals surface area contributed by atoms with Gasteiger partial charge in [0.25, 0.3) is 5.91 Å². The minimum atomic E-state index is 0.111. The van der Waals surface area contributed by atoms with Crippen molar-refractivity contribution in [3.05, 3.63) is 48.3 Å². The fourth-order valence-electron chi connectivity index (χ4n) is 3.43. The number of hydrogen-bond donors (Lipinski definition) is 1.